The van der Waals surface area contributed by atoms with E-state index in [0.29, 0.717) is 11.6 Å². The van der Waals surface area contributed by atoms with Gasteiger partial charge in [-0.15, -0.1) is 0 Å². The lowest BCUT2D eigenvalue weighted by atomic mass is 10.1. The van der Waals surface area contributed by atoms with E-state index in [1.165, 1.54) is 5.56 Å². The van der Waals surface area contributed by atoms with E-state index in [-0.39, 0.29) is 0 Å². The number of fused-ring (bicyclic) bond motifs is 1. The number of H-pyrrole nitrogens is 1. The molecule has 0 amide bonds. The van der Waals surface area contributed by atoms with Gasteiger partial charge in [0.1, 0.15) is 5.82 Å². The molecule has 0 fully saturated rings. The standard InChI is InChI=1S/C15H14ClN3/c16-12-5-6-13-14(9-12)19-15(18-13)11-3-1-10(2-4-11)7-8-17/h1-6,9H,7-8,17H2,(H,18,19). The van der Waals surface area contributed by atoms with Gasteiger partial charge < -0.3 is 10.7 Å². The van der Waals surface area contributed by atoms with E-state index in [9.17, 15) is 0 Å². The predicted octanol–water partition coefficient (Wildman–Crippen LogP) is 3.38. The number of aromatic nitrogens is 2. The first-order valence-corrected chi connectivity index (χ1v) is 6.59. The van der Waals surface area contributed by atoms with Crippen molar-refractivity contribution < 1.29 is 0 Å². The molecular formula is C15H14ClN3. The van der Waals surface area contributed by atoms with E-state index >= 15 is 0 Å². The molecule has 1 aromatic heterocycles. The van der Waals surface area contributed by atoms with E-state index in [4.69, 9.17) is 17.3 Å². The summed E-state index contributed by atoms with van der Waals surface area (Å²) in [6.07, 6.45) is 0.899. The molecule has 96 valence electrons. The fourth-order valence-electron chi connectivity index (χ4n) is 2.11. The first-order chi connectivity index (χ1) is 9.26. The Kier molecular flexibility index (Phi) is 3.23. The number of halogens is 1. The van der Waals surface area contributed by atoms with Crippen LogP contribution < -0.4 is 5.73 Å². The molecule has 0 bridgehead atoms. The second-order valence-electron chi connectivity index (χ2n) is 4.48. The van der Waals surface area contributed by atoms with Crippen molar-refractivity contribution in [2.24, 2.45) is 5.73 Å². The zero-order valence-corrected chi connectivity index (χ0v) is 11.1. The summed E-state index contributed by atoms with van der Waals surface area (Å²) in [5.74, 6) is 0.858. The average molecular weight is 272 g/mol. The van der Waals surface area contributed by atoms with Gasteiger partial charge in [-0.25, -0.2) is 4.98 Å². The number of nitrogens with two attached hydrogens (primary N) is 1. The Morgan fingerprint density at radius 1 is 1.11 bits per heavy atom. The molecule has 1 heterocycles. The normalized spacial score (nSPS) is 11.1. The molecule has 19 heavy (non-hydrogen) atoms. The van der Waals surface area contributed by atoms with Gasteiger partial charge in [-0.05, 0) is 36.7 Å². The number of hydrogen-bond acceptors (Lipinski definition) is 2. The minimum Gasteiger partial charge on any atom is -0.338 e. The first-order valence-electron chi connectivity index (χ1n) is 6.21. The number of rotatable bonds is 3. The summed E-state index contributed by atoms with van der Waals surface area (Å²) in [5.41, 5.74) is 9.72. The van der Waals surface area contributed by atoms with Crippen molar-refractivity contribution in [2.75, 3.05) is 6.54 Å². The van der Waals surface area contributed by atoms with Gasteiger partial charge in [0, 0.05) is 10.6 Å². The molecular weight excluding hydrogens is 258 g/mol. The Balaban J connectivity index is 1.99. The van der Waals surface area contributed by atoms with Crippen molar-refractivity contribution in [3.8, 4) is 11.4 Å². The predicted molar refractivity (Wildman–Crippen MR) is 79.3 cm³/mol. The Morgan fingerprint density at radius 3 is 2.63 bits per heavy atom. The largest absolute Gasteiger partial charge is 0.338 e. The third-order valence-corrected chi connectivity index (χ3v) is 3.34. The van der Waals surface area contributed by atoms with Gasteiger partial charge >= 0.3 is 0 Å². The molecule has 0 spiro atoms. The maximum atomic E-state index is 5.97. The van der Waals surface area contributed by atoms with E-state index in [2.05, 4.69) is 34.2 Å². The average Bonchev–Trinajstić information content (AvgIpc) is 2.83. The van der Waals surface area contributed by atoms with Crippen LogP contribution in [0.15, 0.2) is 42.5 Å². The van der Waals surface area contributed by atoms with Crippen molar-refractivity contribution in [1.82, 2.24) is 9.97 Å². The summed E-state index contributed by atoms with van der Waals surface area (Å²) in [7, 11) is 0. The Morgan fingerprint density at radius 2 is 1.89 bits per heavy atom. The van der Waals surface area contributed by atoms with Crippen LogP contribution in [0.25, 0.3) is 22.4 Å². The molecule has 3 rings (SSSR count). The van der Waals surface area contributed by atoms with Gasteiger partial charge in [0.05, 0.1) is 11.0 Å². The molecule has 3 nitrogen and oxygen atoms in total. The van der Waals surface area contributed by atoms with Crippen LogP contribution in [0.1, 0.15) is 5.56 Å². The minimum absolute atomic E-state index is 0.669. The second kappa shape index (κ2) is 5.03. The first kappa shape index (κ1) is 12.2. The zero-order chi connectivity index (χ0) is 13.2. The van der Waals surface area contributed by atoms with Gasteiger partial charge in [0.25, 0.3) is 0 Å². The number of aromatic amines is 1. The topological polar surface area (TPSA) is 54.7 Å². The maximum Gasteiger partial charge on any atom is 0.138 e. The van der Waals surface area contributed by atoms with Gasteiger partial charge in [-0.3, -0.25) is 0 Å². The van der Waals surface area contributed by atoms with Crippen molar-refractivity contribution >= 4 is 22.6 Å². The Labute approximate surface area is 116 Å². The summed E-state index contributed by atoms with van der Waals surface area (Å²) in [4.78, 5) is 7.84. The molecule has 0 aliphatic heterocycles. The van der Waals surface area contributed by atoms with Gasteiger partial charge in [-0.2, -0.15) is 0 Å². The third-order valence-electron chi connectivity index (χ3n) is 3.10. The van der Waals surface area contributed by atoms with Crippen LogP contribution in [-0.4, -0.2) is 16.5 Å². The van der Waals surface area contributed by atoms with E-state index < -0.39 is 0 Å². The van der Waals surface area contributed by atoms with Crippen LogP contribution >= 0.6 is 11.6 Å². The van der Waals surface area contributed by atoms with E-state index in [1.54, 1.807) is 0 Å². The third kappa shape index (κ3) is 2.48. The van der Waals surface area contributed by atoms with Crippen molar-refractivity contribution in [1.29, 1.82) is 0 Å². The molecule has 3 N–H and O–H groups in total. The highest BCUT2D eigenvalue weighted by Gasteiger charge is 2.05. The molecule has 0 atom stereocenters. The maximum absolute atomic E-state index is 5.97. The lowest BCUT2D eigenvalue weighted by Gasteiger charge is -2.00. The van der Waals surface area contributed by atoms with Crippen LogP contribution in [0.5, 0.6) is 0 Å². The molecule has 0 aliphatic carbocycles. The van der Waals surface area contributed by atoms with Crippen LogP contribution in [0.3, 0.4) is 0 Å². The van der Waals surface area contributed by atoms with Gasteiger partial charge in [-0.1, -0.05) is 35.9 Å². The van der Waals surface area contributed by atoms with Gasteiger partial charge in [0.15, 0.2) is 0 Å². The summed E-state index contributed by atoms with van der Waals surface area (Å²) >= 11 is 5.97. The highest BCUT2D eigenvalue weighted by Crippen LogP contribution is 2.23. The van der Waals surface area contributed by atoms with Crippen molar-refractivity contribution in [2.45, 2.75) is 6.42 Å². The summed E-state index contributed by atoms with van der Waals surface area (Å²) in [6.45, 7) is 0.669. The zero-order valence-electron chi connectivity index (χ0n) is 10.4. The highest BCUT2D eigenvalue weighted by atomic mass is 35.5. The quantitative estimate of drug-likeness (QED) is 0.767. The lowest BCUT2D eigenvalue weighted by Crippen LogP contribution is -2.02. The molecule has 0 unspecified atom stereocenters. The van der Waals surface area contributed by atoms with Crippen LogP contribution in [0.4, 0.5) is 0 Å². The van der Waals surface area contributed by atoms with Crippen LogP contribution in [0.2, 0.25) is 5.02 Å². The molecule has 4 heteroatoms. The lowest BCUT2D eigenvalue weighted by molar-refractivity contribution is 0.969. The van der Waals surface area contributed by atoms with Crippen LogP contribution in [0, 0.1) is 0 Å². The van der Waals surface area contributed by atoms with Crippen LogP contribution in [-0.2, 0) is 6.42 Å². The molecule has 0 saturated heterocycles. The second-order valence-corrected chi connectivity index (χ2v) is 4.92. The van der Waals surface area contributed by atoms with Crippen molar-refractivity contribution in [3.05, 3.63) is 53.1 Å². The fraction of sp³-hybridized carbons (Fsp3) is 0.133. The smallest absolute Gasteiger partial charge is 0.138 e. The number of hydrogen-bond donors (Lipinski definition) is 2. The highest BCUT2D eigenvalue weighted by molar-refractivity contribution is 6.31. The summed E-state index contributed by atoms with van der Waals surface area (Å²) in [5, 5.41) is 0.709. The Hall–Kier alpha value is -1.84. The number of nitrogens with zero attached hydrogens (tertiary/aromatic N) is 1. The molecule has 0 saturated carbocycles. The molecule has 0 aliphatic rings. The van der Waals surface area contributed by atoms with E-state index in [0.717, 1.165) is 28.8 Å². The minimum atomic E-state index is 0.669. The molecule has 0 radical (unpaired) electrons. The summed E-state index contributed by atoms with van der Waals surface area (Å²) < 4.78 is 0. The van der Waals surface area contributed by atoms with Crippen molar-refractivity contribution in [3.63, 3.8) is 0 Å². The summed E-state index contributed by atoms with van der Waals surface area (Å²) in [6, 6.07) is 13.9. The monoisotopic (exact) mass is 271 g/mol. The SMILES string of the molecule is NCCc1ccc(-c2nc3ccc(Cl)cc3[nH]2)cc1. The Bertz CT molecular complexity index is 701. The molecule has 3 aromatic rings. The van der Waals surface area contributed by atoms with E-state index in [1.807, 2.05) is 18.2 Å². The number of nitrogens with one attached hydrogen (secondary N) is 1. The number of imidazole rings is 1. The molecule has 2 aromatic carbocycles. The van der Waals surface area contributed by atoms with Gasteiger partial charge in [0.2, 0.25) is 0 Å². The number of benzene rings is 2. The fourth-order valence-corrected chi connectivity index (χ4v) is 2.29.